The zero-order chi connectivity index (χ0) is 14.8. The van der Waals surface area contributed by atoms with Gasteiger partial charge in [0.1, 0.15) is 0 Å². The highest BCUT2D eigenvalue weighted by atomic mass is 79.9. The van der Waals surface area contributed by atoms with E-state index in [0.717, 1.165) is 27.1 Å². The van der Waals surface area contributed by atoms with Gasteiger partial charge < -0.3 is 10.8 Å². The van der Waals surface area contributed by atoms with Crippen molar-refractivity contribution in [1.82, 2.24) is 0 Å². The van der Waals surface area contributed by atoms with Crippen molar-refractivity contribution in [1.29, 1.82) is 0 Å². The highest BCUT2D eigenvalue weighted by Gasteiger charge is 2.25. The maximum Gasteiger partial charge on any atom is 0.0962 e. The second-order valence-electron chi connectivity index (χ2n) is 5.24. The van der Waals surface area contributed by atoms with Crippen molar-refractivity contribution >= 4 is 39.0 Å². The lowest BCUT2D eigenvalue weighted by Gasteiger charge is -2.21. The van der Waals surface area contributed by atoms with Crippen LogP contribution in [0.5, 0.6) is 0 Å². The van der Waals surface area contributed by atoms with E-state index in [0.29, 0.717) is 6.54 Å². The number of hydrogen-bond donors (Lipinski definition) is 2. The molecule has 112 valence electrons. The Bertz CT molecular complexity index is 605. The fourth-order valence-corrected chi connectivity index (χ4v) is 5.54. The Morgan fingerprint density at radius 3 is 2.90 bits per heavy atom. The van der Waals surface area contributed by atoms with Crippen molar-refractivity contribution in [3.63, 3.8) is 0 Å². The van der Waals surface area contributed by atoms with Gasteiger partial charge in [-0.15, -0.1) is 11.3 Å². The van der Waals surface area contributed by atoms with Crippen molar-refractivity contribution in [3.05, 3.63) is 55.7 Å². The van der Waals surface area contributed by atoms with Crippen LogP contribution < -0.4 is 5.73 Å². The number of aryl methyl sites for hydroxylation is 1. The predicted octanol–water partition coefficient (Wildman–Crippen LogP) is 4.08. The number of nitrogens with two attached hydrogens (primary N) is 1. The first-order valence-corrected chi connectivity index (χ1v) is 9.78. The number of fused-ring (bicyclic) bond motifs is 1. The summed E-state index contributed by atoms with van der Waals surface area (Å²) in [6.45, 7) is 0.439. The number of aliphatic hydroxyl groups is 1. The highest BCUT2D eigenvalue weighted by molar-refractivity contribution is 9.10. The van der Waals surface area contributed by atoms with E-state index in [1.807, 2.05) is 36.0 Å². The number of thiophene rings is 1. The van der Waals surface area contributed by atoms with Gasteiger partial charge in [0.2, 0.25) is 0 Å². The Balaban J connectivity index is 1.88. The minimum absolute atomic E-state index is 0.0599. The molecule has 2 nitrogen and oxygen atoms in total. The Morgan fingerprint density at radius 1 is 1.33 bits per heavy atom. The largest absolute Gasteiger partial charge is 0.387 e. The Morgan fingerprint density at radius 2 is 2.19 bits per heavy atom. The lowest BCUT2D eigenvalue weighted by molar-refractivity contribution is 0.151. The third kappa shape index (κ3) is 3.37. The van der Waals surface area contributed by atoms with Crippen LogP contribution in [-0.4, -0.2) is 17.4 Å². The molecule has 21 heavy (non-hydrogen) atoms. The molecule has 0 amide bonds. The molecule has 2 aromatic rings. The van der Waals surface area contributed by atoms with Gasteiger partial charge in [-0.1, -0.05) is 28.1 Å². The molecular formula is C16H18BrNOS2. The molecule has 3 rings (SSSR count). The fraction of sp³-hybridized carbons (Fsp3) is 0.375. The van der Waals surface area contributed by atoms with Gasteiger partial charge in [-0.3, -0.25) is 0 Å². The summed E-state index contributed by atoms with van der Waals surface area (Å²) in [6.07, 6.45) is 0.603. The summed E-state index contributed by atoms with van der Waals surface area (Å²) in [5.74, 6) is 2.20. The smallest absolute Gasteiger partial charge is 0.0962 e. The maximum atomic E-state index is 10.8. The standard InChI is InChI=1S/C16H18BrNOS2/c17-12-3-1-2-10(6-12)13(8-18)16(19)15-7-11-9-20-5-4-14(11)21-15/h1-3,6-7,13,16,19H,4-5,8-9,18H2. The predicted molar refractivity (Wildman–Crippen MR) is 95.1 cm³/mol. The third-order valence-corrected chi connectivity index (χ3v) is 6.66. The minimum Gasteiger partial charge on any atom is -0.387 e. The topological polar surface area (TPSA) is 46.2 Å². The first-order chi connectivity index (χ1) is 10.2. The highest BCUT2D eigenvalue weighted by Crippen LogP contribution is 2.39. The van der Waals surface area contributed by atoms with Crippen molar-refractivity contribution in [2.75, 3.05) is 12.3 Å². The molecule has 0 radical (unpaired) electrons. The molecule has 2 atom stereocenters. The number of rotatable bonds is 4. The van der Waals surface area contributed by atoms with Crippen LogP contribution in [0.1, 0.15) is 32.9 Å². The first kappa shape index (κ1) is 15.6. The average molecular weight is 384 g/mol. The molecule has 1 aliphatic heterocycles. The fourth-order valence-electron chi connectivity index (χ4n) is 2.70. The molecule has 2 unspecified atom stereocenters. The van der Waals surface area contributed by atoms with E-state index in [-0.39, 0.29) is 5.92 Å². The number of thioether (sulfide) groups is 1. The molecule has 1 aliphatic rings. The zero-order valence-corrected chi connectivity index (χ0v) is 14.8. The summed E-state index contributed by atoms with van der Waals surface area (Å²) in [5, 5.41) is 10.8. The molecule has 0 spiro atoms. The SMILES string of the molecule is NCC(c1cccc(Br)c1)C(O)c1cc2c(s1)CCSC2. The summed E-state index contributed by atoms with van der Waals surface area (Å²) in [7, 11) is 0. The Labute approximate surface area is 141 Å². The number of halogens is 1. The first-order valence-electron chi connectivity index (χ1n) is 7.02. The monoisotopic (exact) mass is 383 g/mol. The molecule has 1 aromatic heterocycles. The number of benzene rings is 1. The van der Waals surface area contributed by atoms with Crippen LogP contribution in [0.4, 0.5) is 0 Å². The van der Waals surface area contributed by atoms with Crippen molar-refractivity contribution in [3.8, 4) is 0 Å². The Kier molecular flexibility index (Phi) is 5.07. The molecule has 2 heterocycles. The van der Waals surface area contributed by atoms with Crippen molar-refractivity contribution in [2.45, 2.75) is 24.2 Å². The molecule has 0 saturated heterocycles. The van der Waals surface area contributed by atoms with E-state index in [2.05, 4.69) is 22.0 Å². The number of hydrogen-bond acceptors (Lipinski definition) is 4. The lowest BCUT2D eigenvalue weighted by Crippen LogP contribution is -2.19. The van der Waals surface area contributed by atoms with Crippen molar-refractivity contribution < 1.29 is 5.11 Å². The zero-order valence-electron chi connectivity index (χ0n) is 11.6. The van der Waals surface area contributed by atoms with Crippen LogP contribution in [0.15, 0.2) is 34.8 Å². The van der Waals surface area contributed by atoms with Gasteiger partial charge >= 0.3 is 0 Å². The quantitative estimate of drug-likeness (QED) is 0.835. The molecule has 0 aliphatic carbocycles. The molecule has 1 aromatic carbocycles. The van der Waals surface area contributed by atoms with Crippen LogP contribution in [0.2, 0.25) is 0 Å². The lowest BCUT2D eigenvalue weighted by atomic mass is 9.92. The maximum absolute atomic E-state index is 10.8. The second-order valence-corrected chi connectivity index (χ2v) is 8.43. The third-order valence-electron chi connectivity index (χ3n) is 3.85. The summed E-state index contributed by atoms with van der Waals surface area (Å²) < 4.78 is 1.02. The van der Waals surface area contributed by atoms with Gasteiger partial charge in [0, 0.05) is 32.4 Å². The van der Waals surface area contributed by atoms with Gasteiger partial charge in [0.05, 0.1) is 6.10 Å². The van der Waals surface area contributed by atoms with E-state index in [1.165, 1.54) is 16.2 Å². The van der Waals surface area contributed by atoms with Gasteiger partial charge in [0.15, 0.2) is 0 Å². The van der Waals surface area contributed by atoms with Crippen molar-refractivity contribution in [2.24, 2.45) is 5.73 Å². The van der Waals surface area contributed by atoms with E-state index < -0.39 is 6.10 Å². The Hall–Kier alpha value is -0.330. The van der Waals surface area contributed by atoms with Gasteiger partial charge in [0.25, 0.3) is 0 Å². The molecule has 0 saturated carbocycles. The molecule has 0 fully saturated rings. The van der Waals surface area contributed by atoms with Crippen LogP contribution in [-0.2, 0) is 12.2 Å². The van der Waals surface area contributed by atoms with E-state index in [4.69, 9.17) is 5.73 Å². The summed E-state index contributed by atoms with van der Waals surface area (Å²) >= 11 is 7.21. The van der Waals surface area contributed by atoms with Gasteiger partial charge in [-0.05, 0) is 41.5 Å². The average Bonchev–Trinajstić information content (AvgIpc) is 2.92. The van der Waals surface area contributed by atoms with E-state index in [9.17, 15) is 5.11 Å². The summed E-state index contributed by atoms with van der Waals surface area (Å²) in [4.78, 5) is 2.49. The van der Waals surface area contributed by atoms with Crippen LogP contribution in [0.3, 0.4) is 0 Å². The van der Waals surface area contributed by atoms with Crippen LogP contribution in [0, 0.1) is 0 Å². The van der Waals surface area contributed by atoms with Gasteiger partial charge in [-0.25, -0.2) is 0 Å². The molecule has 5 heteroatoms. The number of aliphatic hydroxyl groups excluding tert-OH is 1. The van der Waals surface area contributed by atoms with Crippen LogP contribution in [0.25, 0.3) is 0 Å². The summed E-state index contributed by atoms with van der Waals surface area (Å²) in [5.41, 5.74) is 8.42. The van der Waals surface area contributed by atoms with E-state index >= 15 is 0 Å². The van der Waals surface area contributed by atoms with E-state index in [1.54, 1.807) is 11.3 Å². The molecular weight excluding hydrogens is 366 g/mol. The van der Waals surface area contributed by atoms with Gasteiger partial charge in [-0.2, -0.15) is 11.8 Å². The normalized spacial score (nSPS) is 17.3. The molecule has 0 bridgehead atoms. The minimum atomic E-state index is -0.523. The van der Waals surface area contributed by atoms with Crippen LogP contribution >= 0.6 is 39.0 Å². The molecule has 3 N–H and O–H groups in total. The second kappa shape index (κ2) is 6.84. The summed E-state index contributed by atoms with van der Waals surface area (Å²) in [6, 6.07) is 10.2.